The number of amides is 2. The number of rotatable bonds is 8. The first-order valence-electron chi connectivity index (χ1n) is 9.10. The van der Waals surface area contributed by atoms with Crippen LogP contribution in [0.4, 0.5) is 11.4 Å². The number of nitrogens with one attached hydrogen (secondary N) is 2. The highest BCUT2D eigenvalue weighted by Crippen LogP contribution is 2.18. The van der Waals surface area contributed by atoms with Gasteiger partial charge in [-0.25, -0.2) is 0 Å². The van der Waals surface area contributed by atoms with Crippen LogP contribution in [0, 0.1) is 0 Å². The number of nitrogens with two attached hydrogens (primary N) is 1. The molecule has 0 spiro atoms. The van der Waals surface area contributed by atoms with Crippen LogP contribution in [0.5, 0.6) is 5.75 Å². The van der Waals surface area contributed by atoms with Crippen LogP contribution in [0.2, 0.25) is 0 Å². The second kappa shape index (κ2) is 9.19. The van der Waals surface area contributed by atoms with E-state index in [0.29, 0.717) is 30.0 Å². The van der Waals surface area contributed by atoms with Gasteiger partial charge in [0.05, 0.1) is 12.1 Å². The lowest BCUT2D eigenvalue weighted by Gasteiger charge is -2.22. The van der Waals surface area contributed by atoms with Crippen LogP contribution in [0.15, 0.2) is 48.5 Å². The molecule has 144 valence electrons. The topological polar surface area (TPSA) is 93.5 Å². The Bertz CT molecular complexity index is 768. The Morgan fingerprint density at radius 2 is 1.52 bits per heavy atom. The van der Waals surface area contributed by atoms with E-state index in [1.807, 2.05) is 13.8 Å². The average Bonchev–Trinajstić information content (AvgIpc) is 2.64. The van der Waals surface area contributed by atoms with Crippen LogP contribution < -0.4 is 21.1 Å². The maximum Gasteiger partial charge on any atom is 0.255 e. The summed E-state index contributed by atoms with van der Waals surface area (Å²) in [5.41, 5.74) is 6.88. The molecule has 0 fully saturated rings. The normalized spacial score (nSPS) is 12.7. The maximum absolute atomic E-state index is 12.4. The first-order valence-corrected chi connectivity index (χ1v) is 9.10. The molecule has 1 unspecified atom stereocenters. The van der Waals surface area contributed by atoms with Gasteiger partial charge in [0.2, 0.25) is 5.91 Å². The van der Waals surface area contributed by atoms with E-state index in [1.165, 1.54) is 0 Å². The van der Waals surface area contributed by atoms with Crippen LogP contribution in [0.3, 0.4) is 0 Å². The number of ether oxygens (including phenoxy) is 1. The summed E-state index contributed by atoms with van der Waals surface area (Å²) in [4.78, 5) is 24.6. The fourth-order valence-corrected chi connectivity index (χ4v) is 2.62. The molecule has 4 N–H and O–H groups in total. The lowest BCUT2D eigenvalue weighted by atomic mass is 9.96. The van der Waals surface area contributed by atoms with Gasteiger partial charge in [-0.1, -0.05) is 13.3 Å². The van der Waals surface area contributed by atoms with Crippen molar-refractivity contribution in [3.05, 3.63) is 54.1 Å². The SMILES string of the molecule is CCCC(C)(N)C(=O)Nc1ccc(C(=O)Nc2ccc(OCC)cc2)cc1. The van der Waals surface area contributed by atoms with Gasteiger partial charge in [0, 0.05) is 16.9 Å². The van der Waals surface area contributed by atoms with Crippen molar-refractivity contribution in [3.63, 3.8) is 0 Å². The van der Waals surface area contributed by atoms with Gasteiger partial charge in [-0.3, -0.25) is 9.59 Å². The van der Waals surface area contributed by atoms with Crippen LogP contribution in [0.25, 0.3) is 0 Å². The van der Waals surface area contributed by atoms with Crippen molar-refractivity contribution in [2.24, 2.45) is 5.73 Å². The Labute approximate surface area is 160 Å². The zero-order chi connectivity index (χ0) is 19.9. The molecule has 2 rings (SSSR count). The van der Waals surface area contributed by atoms with Crippen LogP contribution in [0.1, 0.15) is 44.0 Å². The molecule has 0 bridgehead atoms. The summed E-state index contributed by atoms with van der Waals surface area (Å²) in [6.45, 7) is 6.20. The molecule has 0 aliphatic rings. The van der Waals surface area contributed by atoms with Gasteiger partial charge in [-0.2, -0.15) is 0 Å². The molecular formula is C21H27N3O3. The molecule has 0 aliphatic carbocycles. The van der Waals surface area contributed by atoms with Crippen molar-refractivity contribution in [2.75, 3.05) is 17.2 Å². The zero-order valence-electron chi connectivity index (χ0n) is 16.0. The second-order valence-electron chi connectivity index (χ2n) is 6.61. The van der Waals surface area contributed by atoms with Crippen LogP contribution >= 0.6 is 0 Å². The average molecular weight is 369 g/mol. The van der Waals surface area contributed by atoms with Gasteiger partial charge in [-0.15, -0.1) is 0 Å². The second-order valence-corrected chi connectivity index (χ2v) is 6.61. The van der Waals surface area contributed by atoms with Gasteiger partial charge in [0.15, 0.2) is 0 Å². The standard InChI is InChI=1S/C21H27N3O3/c1-4-14-21(3,22)20(26)24-17-8-6-15(7-9-17)19(25)23-16-10-12-18(13-11-16)27-5-2/h6-13H,4-5,14,22H2,1-3H3,(H,23,25)(H,24,26). The molecular weight excluding hydrogens is 342 g/mol. The molecule has 0 saturated heterocycles. The molecule has 0 aromatic heterocycles. The van der Waals surface area contributed by atoms with Crippen molar-refractivity contribution in [2.45, 2.75) is 39.2 Å². The van der Waals surface area contributed by atoms with E-state index in [2.05, 4.69) is 10.6 Å². The highest BCUT2D eigenvalue weighted by atomic mass is 16.5. The third kappa shape index (κ3) is 5.82. The van der Waals surface area contributed by atoms with Crippen molar-refractivity contribution in [1.29, 1.82) is 0 Å². The first kappa shape index (κ1) is 20.5. The molecule has 1 atom stereocenters. The Morgan fingerprint density at radius 1 is 0.963 bits per heavy atom. The maximum atomic E-state index is 12.4. The Kier molecular flexibility index (Phi) is 6.96. The highest BCUT2D eigenvalue weighted by Gasteiger charge is 2.27. The summed E-state index contributed by atoms with van der Waals surface area (Å²) in [6, 6.07) is 13.9. The third-order valence-corrected chi connectivity index (χ3v) is 4.12. The van der Waals surface area contributed by atoms with Crippen LogP contribution in [-0.4, -0.2) is 24.0 Å². The van der Waals surface area contributed by atoms with E-state index in [1.54, 1.807) is 55.5 Å². The summed E-state index contributed by atoms with van der Waals surface area (Å²) in [5, 5.41) is 5.62. The van der Waals surface area contributed by atoms with Gasteiger partial charge in [0.25, 0.3) is 5.91 Å². The third-order valence-electron chi connectivity index (χ3n) is 4.12. The molecule has 2 aromatic carbocycles. The zero-order valence-corrected chi connectivity index (χ0v) is 16.0. The lowest BCUT2D eigenvalue weighted by Crippen LogP contribution is -2.48. The Morgan fingerprint density at radius 3 is 2.07 bits per heavy atom. The molecule has 2 aromatic rings. The van der Waals surface area contributed by atoms with E-state index in [9.17, 15) is 9.59 Å². The van der Waals surface area contributed by atoms with E-state index < -0.39 is 5.54 Å². The van der Waals surface area contributed by atoms with Crippen molar-refractivity contribution >= 4 is 23.2 Å². The largest absolute Gasteiger partial charge is 0.494 e. The van der Waals surface area contributed by atoms with E-state index in [-0.39, 0.29) is 11.8 Å². The number of hydrogen-bond donors (Lipinski definition) is 3. The predicted octanol–water partition coefficient (Wildman–Crippen LogP) is 3.79. The molecule has 0 saturated carbocycles. The van der Waals surface area contributed by atoms with Crippen molar-refractivity contribution in [3.8, 4) is 5.75 Å². The number of benzene rings is 2. The van der Waals surface area contributed by atoms with Crippen LogP contribution in [-0.2, 0) is 4.79 Å². The fraction of sp³-hybridized carbons (Fsp3) is 0.333. The fourth-order valence-electron chi connectivity index (χ4n) is 2.62. The molecule has 0 radical (unpaired) electrons. The number of carbonyl (C=O) groups is 2. The summed E-state index contributed by atoms with van der Waals surface area (Å²) in [7, 11) is 0. The summed E-state index contributed by atoms with van der Waals surface area (Å²) < 4.78 is 5.38. The predicted molar refractivity (Wildman–Crippen MR) is 108 cm³/mol. The number of hydrogen-bond acceptors (Lipinski definition) is 4. The molecule has 6 heteroatoms. The minimum Gasteiger partial charge on any atom is -0.494 e. The number of anilines is 2. The first-order chi connectivity index (χ1) is 12.9. The monoisotopic (exact) mass is 369 g/mol. The van der Waals surface area contributed by atoms with Gasteiger partial charge < -0.3 is 21.1 Å². The Balaban J connectivity index is 1.97. The molecule has 27 heavy (non-hydrogen) atoms. The van der Waals surface area contributed by atoms with Gasteiger partial charge >= 0.3 is 0 Å². The van der Waals surface area contributed by atoms with E-state index >= 15 is 0 Å². The minimum atomic E-state index is -0.918. The van der Waals surface area contributed by atoms with Crippen molar-refractivity contribution < 1.29 is 14.3 Å². The minimum absolute atomic E-state index is 0.230. The quantitative estimate of drug-likeness (QED) is 0.660. The molecule has 0 aliphatic heterocycles. The Hall–Kier alpha value is -2.86. The smallest absolute Gasteiger partial charge is 0.255 e. The lowest BCUT2D eigenvalue weighted by molar-refractivity contribution is -0.120. The molecule has 6 nitrogen and oxygen atoms in total. The molecule has 0 heterocycles. The molecule has 2 amide bonds. The van der Waals surface area contributed by atoms with Gasteiger partial charge in [0.1, 0.15) is 5.75 Å². The van der Waals surface area contributed by atoms with E-state index in [0.717, 1.165) is 12.2 Å². The van der Waals surface area contributed by atoms with Crippen molar-refractivity contribution in [1.82, 2.24) is 0 Å². The van der Waals surface area contributed by atoms with E-state index in [4.69, 9.17) is 10.5 Å². The highest BCUT2D eigenvalue weighted by molar-refractivity contribution is 6.05. The summed E-state index contributed by atoms with van der Waals surface area (Å²) >= 11 is 0. The van der Waals surface area contributed by atoms with Gasteiger partial charge in [-0.05, 0) is 68.8 Å². The number of carbonyl (C=O) groups excluding carboxylic acids is 2. The summed E-state index contributed by atoms with van der Waals surface area (Å²) in [6.07, 6.45) is 1.42. The summed E-state index contributed by atoms with van der Waals surface area (Å²) in [5.74, 6) is 0.285.